The molecule has 4 aromatic heterocycles. The summed E-state index contributed by atoms with van der Waals surface area (Å²) >= 11 is 0. The van der Waals surface area contributed by atoms with Crippen molar-refractivity contribution in [1.29, 1.82) is 0 Å². The minimum atomic E-state index is 0.657. The molecule has 8 nitrogen and oxygen atoms in total. The zero-order valence-electron chi connectivity index (χ0n) is 16.0. The van der Waals surface area contributed by atoms with E-state index in [0.29, 0.717) is 6.54 Å². The van der Waals surface area contributed by atoms with Crippen molar-refractivity contribution >= 4 is 11.2 Å². The van der Waals surface area contributed by atoms with E-state index in [9.17, 15) is 0 Å². The first kappa shape index (κ1) is 17.2. The molecule has 0 aliphatic heterocycles. The van der Waals surface area contributed by atoms with Gasteiger partial charge in [0.1, 0.15) is 11.3 Å². The van der Waals surface area contributed by atoms with Gasteiger partial charge in [-0.15, -0.1) is 0 Å². The van der Waals surface area contributed by atoms with Gasteiger partial charge in [-0.2, -0.15) is 10.2 Å². The van der Waals surface area contributed by atoms with Gasteiger partial charge in [-0.3, -0.25) is 9.78 Å². The molecule has 1 aromatic carbocycles. The fourth-order valence-electron chi connectivity index (χ4n) is 3.40. The van der Waals surface area contributed by atoms with E-state index in [-0.39, 0.29) is 0 Å². The lowest BCUT2D eigenvalue weighted by Gasteiger charge is -2.04. The monoisotopic (exact) mass is 385 g/mol. The molecule has 8 heteroatoms. The Morgan fingerprint density at radius 1 is 1.14 bits per heavy atom. The minimum Gasteiger partial charge on any atom is -0.497 e. The van der Waals surface area contributed by atoms with E-state index in [1.54, 1.807) is 19.5 Å². The Balaban J connectivity index is 1.49. The van der Waals surface area contributed by atoms with Crippen LogP contribution >= 0.6 is 0 Å². The molecule has 0 aliphatic carbocycles. The Kier molecular flexibility index (Phi) is 4.09. The third kappa shape index (κ3) is 3.14. The molecule has 0 saturated heterocycles. The number of rotatable bonds is 5. The van der Waals surface area contributed by atoms with Crippen LogP contribution in [0.25, 0.3) is 33.5 Å². The quantitative estimate of drug-likeness (QED) is 0.482. The van der Waals surface area contributed by atoms with Gasteiger partial charge in [0.25, 0.3) is 0 Å². The van der Waals surface area contributed by atoms with Gasteiger partial charge in [0, 0.05) is 34.8 Å². The summed E-state index contributed by atoms with van der Waals surface area (Å²) in [5, 5.41) is 11.5. The summed E-state index contributed by atoms with van der Waals surface area (Å²) in [6.45, 7) is 2.62. The molecule has 0 fully saturated rings. The first-order chi connectivity index (χ1) is 14.2. The number of hydrogen-bond acceptors (Lipinski definition) is 5. The van der Waals surface area contributed by atoms with Crippen molar-refractivity contribution in [2.24, 2.45) is 0 Å². The molecule has 0 atom stereocenters. The summed E-state index contributed by atoms with van der Waals surface area (Å²) < 4.78 is 7.20. The van der Waals surface area contributed by atoms with Gasteiger partial charge in [-0.25, -0.2) is 9.97 Å². The van der Waals surface area contributed by atoms with Crippen LogP contribution in [0.15, 0.2) is 55.2 Å². The third-order valence-corrected chi connectivity index (χ3v) is 4.91. The van der Waals surface area contributed by atoms with Crippen LogP contribution in [0.5, 0.6) is 5.75 Å². The summed E-state index contributed by atoms with van der Waals surface area (Å²) in [7, 11) is 1.67. The van der Waals surface area contributed by atoms with Gasteiger partial charge in [0.15, 0.2) is 5.65 Å². The highest BCUT2D eigenvalue weighted by Gasteiger charge is 2.14. The van der Waals surface area contributed by atoms with E-state index in [1.807, 2.05) is 48.4 Å². The number of nitrogens with one attached hydrogen (secondary N) is 2. The molecule has 0 saturated carbocycles. The number of hydrogen-bond donors (Lipinski definition) is 2. The van der Waals surface area contributed by atoms with E-state index >= 15 is 0 Å². The second-order valence-corrected chi connectivity index (χ2v) is 6.84. The fraction of sp³-hybridized carbons (Fsp3) is 0.143. The Hall–Kier alpha value is -3.94. The zero-order valence-corrected chi connectivity index (χ0v) is 16.0. The van der Waals surface area contributed by atoms with E-state index in [2.05, 4.69) is 31.3 Å². The summed E-state index contributed by atoms with van der Waals surface area (Å²) in [5.74, 6) is 0.837. The van der Waals surface area contributed by atoms with Crippen LogP contribution < -0.4 is 4.74 Å². The smallest absolute Gasteiger partial charge is 0.156 e. The predicted molar refractivity (Wildman–Crippen MR) is 110 cm³/mol. The van der Waals surface area contributed by atoms with Crippen LogP contribution in [0.1, 0.15) is 11.3 Å². The van der Waals surface area contributed by atoms with Crippen LogP contribution in [0.4, 0.5) is 0 Å². The number of ether oxygens (including phenoxy) is 1. The lowest BCUT2D eigenvalue weighted by Crippen LogP contribution is -1.99. The zero-order chi connectivity index (χ0) is 19.8. The first-order valence-electron chi connectivity index (χ1n) is 9.21. The molecule has 144 valence electrons. The summed E-state index contributed by atoms with van der Waals surface area (Å²) in [4.78, 5) is 12.5. The SMILES string of the molecule is COc1cccc(Cn2cc(-c3c[nH]c4ncc(-c5cn[nH]c5C)nc34)cn2)c1. The maximum absolute atomic E-state index is 5.30. The normalized spacial score (nSPS) is 11.2. The minimum absolute atomic E-state index is 0.657. The van der Waals surface area contributed by atoms with Crippen molar-refractivity contribution in [2.75, 3.05) is 7.11 Å². The van der Waals surface area contributed by atoms with Gasteiger partial charge in [0.05, 0.1) is 37.9 Å². The maximum atomic E-state index is 5.30. The number of aromatic nitrogens is 7. The average Bonchev–Trinajstić information content (AvgIpc) is 3.47. The Labute approximate surface area is 166 Å². The molecular formula is C21H19N7O. The largest absolute Gasteiger partial charge is 0.497 e. The second-order valence-electron chi connectivity index (χ2n) is 6.84. The number of fused-ring (bicyclic) bond motifs is 1. The Morgan fingerprint density at radius 2 is 2.07 bits per heavy atom. The summed E-state index contributed by atoms with van der Waals surface area (Å²) in [5.41, 5.74) is 7.31. The average molecular weight is 385 g/mol. The fourth-order valence-corrected chi connectivity index (χ4v) is 3.40. The number of H-pyrrole nitrogens is 2. The summed E-state index contributed by atoms with van der Waals surface area (Å²) in [6.07, 6.45) is 9.31. The van der Waals surface area contributed by atoms with E-state index in [4.69, 9.17) is 9.72 Å². The van der Waals surface area contributed by atoms with Crippen molar-refractivity contribution in [3.8, 4) is 28.1 Å². The molecule has 0 spiro atoms. The van der Waals surface area contributed by atoms with Crippen molar-refractivity contribution in [1.82, 2.24) is 34.9 Å². The molecule has 5 rings (SSSR count). The Bertz CT molecular complexity index is 1300. The van der Waals surface area contributed by atoms with Crippen molar-refractivity contribution in [2.45, 2.75) is 13.5 Å². The predicted octanol–water partition coefficient (Wildman–Crippen LogP) is 3.58. The Morgan fingerprint density at radius 3 is 2.90 bits per heavy atom. The van der Waals surface area contributed by atoms with E-state index in [0.717, 1.165) is 50.6 Å². The van der Waals surface area contributed by atoms with Crippen molar-refractivity contribution < 1.29 is 4.74 Å². The van der Waals surface area contributed by atoms with Gasteiger partial charge in [-0.05, 0) is 24.6 Å². The molecular weight excluding hydrogens is 366 g/mol. The molecule has 0 bridgehead atoms. The van der Waals surface area contributed by atoms with Gasteiger partial charge >= 0.3 is 0 Å². The second kappa shape index (κ2) is 6.90. The first-order valence-corrected chi connectivity index (χ1v) is 9.21. The molecule has 0 amide bonds. The topological polar surface area (TPSA) is 97.3 Å². The van der Waals surface area contributed by atoms with Crippen LogP contribution in [0.3, 0.4) is 0 Å². The van der Waals surface area contributed by atoms with E-state index in [1.165, 1.54) is 0 Å². The standard InChI is InChI=1S/C21H19N7O/c1-13-17(9-24-27-13)19-10-23-21-20(26-19)18(8-22-21)15-7-25-28(12-15)11-14-4-3-5-16(6-14)29-2/h3-10,12H,11H2,1-2H3,(H,22,23)(H,24,27). The van der Waals surface area contributed by atoms with Crippen LogP contribution in [-0.2, 0) is 6.54 Å². The van der Waals surface area contributed by atoms with Crippen molar-refractivity contribution in [3.63, 3.8) is 0 Å². The number of methoxy groups -OCH3 is 1. The van der Waals surface area contributed by atoms with Crippen LogP contribution in [0, 0.1) is 6.92 Å². The van der Waals surface area contributed by atoms with Gasteiger partial charge in [-0.1, -0.05) is 12.1 Å². The molecule has 29 heavy (non-hydrogen) atoms. The lowest BCUT2D eigenvalue weighted by molar-refractivity contribution is 0.414. The molecule has 4 heterocycles. The van der Waals surface area contributed by atoms with E-state index < -0.39 is 0 Å². The van der Waals surface area contributed by atoms with Gasteiger partial charge in [0.2, 0.25) is 0 Å². The number of benzene rings is 1. The number of aromatic amines is 2. The molecule has 0 unspecified atom stereocenters. The van der Waals surface area contributed by atoms with Crippen molar-refractivity contribution in [3.05, 3.63) is 66.5 Å². The van der Waals surface area contributed by atoms with Gasteiger partial charge < -0.3 is 9.72 Å². The van der Waals surface area contributed by atoms with Crippen LogP contribution in [0.2, 0.25) is 0 Å². The van der Waals surface area contributed by atoms with Crippen LogP contribution in [-0.4, -0.2) is 42.0 Å². The highest BCUT2D eigenvalue weighted by Crippen LogP contribution is 2.28. The maximum Gasteiger partial charge on any atom is 0.156 e. The molecule has 2 N–H and O–H groups in total. The molecule has 0 radical (unpaired) electrons. The third-order valence-electron chi connectivity index (χ3n) is 4.91. The number of nitrogens with zero attached hydrogens (tertiary/aromatic N) is 5. The lowest BCUT2D eigenvalue weighted by atomic mass is 10.1. The molecule has 0 aliphatic rings. The highest BCUT2D eigenvalue weighted by atomic mass is 16.5. The molecule has 5 aromatic rings. The number of aryl methyl sites for hydroxylation is 1. The highest BCUT2D eigenvalue weighted by molar-refractivity contribution is 5.91. The summed E-state index contributed by atoms with van der Waals surface area (Å²) in [6, 6.07) is 7.98.